The smallest absolute Gasteiger partial charge is 0.169 e. The van der Waals surface area contributed by atoms with Crippen LogP contribution >= 0.6 is 0 Å². The van der Waals surface area contributed by atoms with E-state index in [0.29, 0.717) is 0 Å². The van der Waals surface area contributed by atoms with Crippen LogP contribution in [0.2, 0.25) is 0 Å². The summed E-state index contributed by atoms with van der Waals surface area (Å²) in [6, 6.07) is 5.30. The predicted molar refractivity (Wildman–Crippen MR) is 73.3 cm³/mol. The molecule has 0 atom stereocenters. The van der Waals surface area contributed by atoms with Crippen LogP contribution in [-0.2, 0) is 5.41 Å². The second-order valence-electron chi connectivity index (χ2n) is 4.45. The Morgan fingerprint density at radius 2 is 1.45 bits per heavy atom. The molecule has 0 N–H and O–H groups in total. The van der Waals surface area contributed by atoms with Crippen LogP contribution in [0.15, 0.2) is 66.8 Å². The van der Waals surface area contributed by atoms with E-state index in [1.807, 2.05) is 0 Å². The number of rotatable bonds is 4. The quantitative estimate of drug-likeness (QED) is 0.490. The molecule has 0 unspecified atom stereocenters. The fourth-order valence-corrected chi connectivity index (χ4v) is 2.28. The van der Waals surface area contributed by atoms with E-state index >= 15 is 0 Å². The highest BCUT2D eigenvalue weighted by molar-refractivity contribution is 5.46. The summed E-state index contributed by atoms with van der Waals surface area (Å²) in [7, 11) is 0. The molecule has 6 heteroatoms. The van der Waals surface area contributed by atoms with Crippen molar-refractivity contribution in [1.82, 2.24) is 0 Å². The van der Waals surface area contributed by atoms with Crippen LogP contribution in [0.25, 0.3) is 0 Å². The monoisotopic (exact) mass is 320 g/mol. The Kier molecular flexibility index (Phi) is 5.27. The molecule has 0 radical (unpaired) electrons. The molecule has 120 valence electrons. The molecule has 0 aliphatic heterocycles. The molecule has 0 amide bonds. The zero-order valence-corrected chi connectivity index (χ0v) is 11.7. The lowest BCUT2D eigenvalue weighted by Gasteiger charge is -2.39. The first-order valence-electron chi connectivity index (χ1n) is 6.27. The molecule has 0 aromatic heterocycles. The van der Waals surface area contributed by atoms with E-state index in [1.165, 1.54) is 6.07 Å². The molecular weight excluding hydrogens is 306 g/mol. The van der Waals surface area contributed by atoms with Crippen LogP contribution in [0.1, 0.15) is 12.5 Å². The molecule has 0 fully saturated rings. The topological polar surface area (TPSA) is 0 Å². The summed E-state index contributed by atoms with van der Waals surface area (Å²) < 4.78 is 81.6. The van der Waals surface area contributed by atoms with Crippen LogP contribution in [0.5, 0.6) is 0 Å². The van der Waals surface area contributed by atoms with E-state index in [9.17, 15) is 26.3 Å². The predicted octanol–water partition coefficient (Wildman–Crippen LogP) is 5.74. The van der Waals surface area contributed by atoms with Gasteiger partial charge in [0.1, 0.15) is 0 Å². The lowest BCUT2D eigenvalue weighted by molar-refractivity contribution is -0.289. The van der Waals surface area contributed by atoms with E-state index in [0.717, 1.165) is 55.5 Å². The fraction of sp³-hybridized carbons (Fsp3) is 0.250. The molecule has 0 saturated carbocycles. The van der Waals surface area contributed by atoms with Crippen molar-refractivity contribution in [3.63, 3.8) is 0 Å². The minimum Gasteiger partial charge on any atom is -0.169 e. The Labute approximate surface area is 124 Å². The van der Waals surface area contributed by atoms with Crippen molar-refractivity contribution in [2.24, 2.45) is 0 Å². The van der Waals surface area contributed by atoms with Crippen LogP contribution in [-0.4, -0.2) is 12.4 Å². The van der Waals surface area contributed by atoms with Crippen LogP contribution in [0, 0.1) is 0 Å². The molecule has 1 rings (SSSR count). The fourth-order valence-electron chi connectivity index (χ4n) is 2.28. The molecule has 0 aliphatic carbocycles. The molecule has 0 aliphatic rings. The summed E-state index contributed by atoms with van der Waals surface area (Å²) in [6.45, 7) is 4.41. The van der Waals surface area contributed by atoms with Gasteiger partial charge in [-0.15, -0.1) is 0 Å². The van der Waals surface area contributed by atoms with Gasteiger partial charge in [-0.2, -0.15) is 26.3 Å². The molecule has 0 heterocycles. The molecule has 22 heavy (non-hydrogen) atoms. The molecule has 0 nitrogen and oxygen atoms in total. The Hall–Kier alpha value is -1.98. The van der Waals surface area contributed by atoms with Gasteiger partial charge < -0.3 is 0 Å². The lowest BCUT2D eigenvalue weighted by atomic mass is 9.72. The third kappa shape index (κ3) is 2.96. The lowest BCUT2D eigenvalue weighted by Crippen LogP contribution is -2.55. The Balaban J connectivity index is 3.84. The van der Waals surface area contributed by atoms with Crippen molar-refractivity contribution < 1.29 is 26.3 Å². The largest absolute Gasteiger partial charge is 0.411 e. The highest BCUT2D eigenvalue weighted by atomic mass is 19.4. The van der Waals surface area contributed by atoms with Gasteiger partial charge in [0.25, 0.3) is 0 Å². The Morgan fingerprint density at radius 3 is 1.82 bits per heavy atom. The van der Waals surface area contributed by atoms with Gasteiger partial charge in [-0.1, -0.05) is 61.2 Å². The third-order valence-corrected chi connectivity index (χ3v) is 3.21. The SMILES string of the molecule is C=C/C=C\C(=C/C)C(c1ccccc1)(C(F)(F)F)C(F)(F)F. The molecule has 0 bridgehead atoms. The highest BCUT2D eigenvalue weighted by Gasteiger charge is 2.72. The minimum absolute atomic E-state index is 0.779. The number of halogens is 6. The first-order valence-corrected chi connectivity index (χ1v) is 6.27. The van der Waals surface area contributed by atoms with Gasteiger partial charge in [0, 0.05) is 0 Å². The van der Waals surface area contributed by atoms with Crippen molar-refractivity contribution in [2.75, 3.05) is 0 Å². The maximum atomic E-state index is 13.6. The van der Waals surface area contributed by atoms with Crippen molar-refractivity contribution in [1.29, 1.82) is 0 Å². The van der Waals surface area contributed by atoms with E-state index in [4.69, 9.17) is 0 Å². The first kappa shape index (κ1) is 18.1. The molecule has 0 saturated heterocycles. The maximum Gasteiger partial charge on any atom is 0.411 e. The summed E-state index contributed by atoms with van der Waals surface area (Å²) in [5.41, 5.74) is -5.87. The Morgan fingerprint density at radius 1 is 0.955 bits per heavy atom. The summed E-state index contributed by atoms with van der Waals surface area (Å²) in [5.74, 6) is 0. The summed E-state index contributed by atoms with van der Waals surface area (Å²) in [6.07, 6.45) is -7.36. The van der Waals surface area contributed by atoms with E-state index in [1.54, 1.807) is 0 Å². The van der Waals surface area contributed by atoms with Gasteiger partial charge >= 0.3 is 12.4 Å². The van der Waals surface area contributed by atoms with Crippen LogP contribution < -0.4 is 0 Å². The molecule has 1 aromatic rings. The number of hydrogen-bond acceptors (Lipinski definition) is 0. The second-order valence-corrected chi connectivity index (χ2v) is 4.45. The van der Waals surface area contributed by atoms with Crippen molar-refractivity contribution >= 4 is 0 Å². The third-order valence-electron chi connectivity index (χ3n) is 3.21. The molecular formula is C16H14F6. The van der Waals surface area contributed by atoms with Gasteiger partial charge in [0.05, 0.1) is 0 Å². The minimum atomic E-state index is -5.56. The van der Waals surface area contributed by atoms with Crippen LogP contribution in [0.3, 0.4) is 0 Å². The van der Waals surface area contributed by atoms with Gasteiger partial charge in [0.15, 0.2) is 0 Å². The van der Waals surface area contributed by atoms with Crippen molar-refractivity contribution in [3.05, 3.63) is 72.4 Å². The van der Waals surface area contributed by atoms with E-state index in [2.05, 4.69) is 6.58 Å². The average Bonchev–Trinajstić information content (AvgIpc) is 2.41. The average molecular weight is 320 g/mol. The van der Waals surface area contributed by atoms with Crippen molar-refractivity contribution in [3.8, 4) is 0 Å². The summed E-state index contributed by atoms with van der Waals surface area (Å²) in [4.78, 5) is 0. The number of hydrogen-bond donors (Lipinski definition) is 0. The van der Waals surface area contributed by atoms with Gasteiger partial charge in [-0.3, -0.25) is 0 Å². The first-order chi connectivity index (χ1) is 10.1. The maximum absolute atomic E-state index is 13.6. The van der Waals surface area contributed by atoms with E-state index < -0.39 is 28.9 Å². The normalized spacial score (nSPS) is 14.4. The Bertz CT molecular complexity index is 547. The summed E-state index contributed by atoms with van der Waals surface area (Å²) >= 11 is 0. The van der Waals surface area contributed by atoms with Gasteiger partial charge in [-0.05, 0) is 18.1 Å². The van der Waals surface area contributed by atoms with E-state index in [-0.39, 0.29) is 0 Å². The standard InChI is InChI=1S/C16H14F6/c1-3-5-9-12(4-2)14(15(17,18)19,16(20,21)22)13-10-7-6-8-11-13/h3-11H,1H2,2H3/b9-5-,12-4+. The summed E-state index contributed by atoms with van der Waals surface area (Å²) in [5, 5.41) is 0. The number of alkyl halides is 6. The number of allylic oxidation sites excluding steroid dienone is 5. The zero-order valence-electron chi connectivity index (χ0n) is 11.7. The van der Waals surface area contributed by atoms with Crippen molar-refractivity contribution in [2.45, 2.75) is 24.7 Å². The molecule has 1 aromatic carbocycles. The van der Waals surface area contributed by atoms with Gasteiger partial charge in [-0.25, -0.2) is 0 Å². The van der Waals surface area contributed by atoms with Crippen LogP contribution in [0.4, 0.5) is 26.3 Å². The second kappa shape index (κ2) is 6.42. The number of benzene rings is 1. The van der Waals surface area contributed by atoms with Gasteiger partial charge in [0.2, 0.25) is 5.41 Å². The zero-order chi connectivity index (χ0) is 17.0. The molecule has 0 spiro atoms. The highest BCUT2D eigenvalue weighted by Crippen LogP contribution is 2.56.